The van der Waals surface area contributed by atoms with Crippen LogP contribution < -0.4 is 10.1 Å². The van der Waals surface area contributed by atoms with Crippen LogP contribution in [0.15, 0.2) is 48.5 Å². The number of hydrogen-bond donors (Lipinski definition) is 1. The summed E-state index contributed by atoms with van der Waals surface area (Å²) in [6.07, 6.45) is -0.659. The minimum atomic E-state index is -0.659. The summed E-state index contributed by atoms with van der Waals surface area (Å²) >= 11 is 1.26. The molecule has 142 valence electrons. The highest BCUT2D eigenvalue weighted by Crippen LogP contribution is 2.25. The maximum absolute atomic E-state index is 12.5. The molecular weight excluding hydrogens is 374 g/mol. The molecule has 2 aromatic heterocycles. The quantitative estimate of drug-likeness (QED) is 0.557. The fraction of sp³-hybridized carbons (Fsp3) is 0.200. The molecule has 0 fully saturated rings. The summed E-state index contributed by atoms with van der Waals surface area (Å²) in [4.78, 5) is 13.1. The number of carbonyl (C=O) groups excluding carboxylic acids is 1. The summed E-state index contributed by atoms with van der Waals surface area (Å²) in [5, 5.41) is 16.1. The zero-order valence-corrected chi connectivity index (χ0v) is 16.5. The Kier molecular flexibility index (Phi) is 4.79. The van der Waals surface area contributed by atoms with Crippen LogP contribution in [-0.2, 0) is 4.79 Å². The number of anilines is 1. The molecule has 1 atom stereocenters. The van der Waals surface area contributed by atoms with Gasteiger partial charge in [0.2, 0.25) is 10.1 Å². The Morgan fingerprint density at radius 1 is 1.11 bits per heavy atom. The molecule has 1 N–H and O–H groups in total. The second kappa shape index (κ2) is 7.40. The van der Waals surface area contributed by atoms with Crippen LogP contribution >= 0.6 is 11.3 Å². The zero-order chi connectivity index (χ0) is 19.7. The fourth-order valence-electron chi connectivity index (χ4n) is 2.71. The van der Waals surface area contributed by atoms with E-state index < -0.39 is 6.10 Å². The molecule has 7 nitrogen and oxygen atoms in total. The van der Waals surface area contributed by atoms with Crippen LogP contribution in [0.1, 0.15) is 18.1 Å². The molecule has 28 heavy (non-hydrogen) atoms. The highest BCUT2D eigenvalue weighted by atomic mass is 32.1. The van der Waals surface area contributed by atoms with E-state index in [0.717, 1.165) is 16.7 Å². The van der Waals surface area contributed by atoms with E-state index in [-0.39, 0.29) is 5.91 Å². The monoisotopic (exact) mass is 393 g/mol. The number of hydrogen-bond acceptors (Lipinski definition) is 6. The first-order valence-electron chi connectivity index (χ1n) is 8.83. The number of nitrogens with one attached hydrogen (secondary N) is 1. The van der Waals surface area contributed by atoms with E-state index in [4.69, 9.17) is 4.74 Å². The summed E-state index contributed by atoms with van der Waals surface area (Å²) < 4.78 is 7.33. The maximum Gasteiger partial charge on any atom is 0.266 e. The van der Waals surface area contributed by atoms with Crippen molar-refractivity contribution in [2.45, 2.75) is 26.9 Å². The molecule has 0 saturated heterocycles. The molecule has 0 aliphatic heterocycles. The molecule has 8 heteroatoms. The Labute approximate surface area is 166 Å². The van der Waals surface area contributed by atoms with Crippen molar-refractivity contribution in [3.05, 3.63) is 59.7 Å². The van der Waals surface area contributed by atoms with Crippen LogP contribution in [0.4, 0.5) is 5.13 Å². The smallest absolute Gasteiger partial charge is 0.266 e. The first-order chi connectivity index (χ1) is 13.5. The average molecular weight is 393 g/mol. The lowest BCUT2D eigenvalue weighted by atomic mass is 10.1. The molecule has 0 spiro atoms. The van der Waals surface area contributed by atoms with Crippen molar-refractivity contribution in [3.8, 4) is 17.1 Å². The second-order valence-electron chi connectivity index (χ2n) is 6.56. The molecule has 0 bridgehead atoms. The molecule has 2 heterocycles. The first kappa shape index (κ1) is 18.1. The van der Waals surface area contributed by atoms with E-state index in [0.29, 0.717) is 21.7 Å². The van der Waals surface area contributed by atoms with E-state index >= 15 is 0 Å². The van der Waals surface area contributed by atoms with Crippen molar-refractivity contribution >= 4 is 27.3 Å². The van der Waals surface area contributed by atoms with Gasteiger partial charge in [0.25, 0.3) is 5.91 Å². The number of amides is 1. The lowest BCUT2D eigenvalue weighted by Crippen LogP contribution is -2.30. The Morgan fingerprint density at radius 3 is 2.64 bits per heavy atom. The Balaban J connectivity index is 1.50. The lowest BCUT2D eigenvalue weighted by molar-refractivity contribution is -0.122. The van der Waals surface area contributed by atoms with Gasteiger partial charge < -0.3 is 4.74 Å². The minimum absolute atomic E-state index is 0.275. The molecule has 4 rings (SSSR count). The number of nitrogens with zero attached hydrogens (tertiary/aromatic N) is 4. The lowest BCUT2D eigenvalue weighted by Gasteiger charge is -2.13. The average Bonchev–Trinajstić information content (AvgIpc) is 3.23. The SMILES string of the molecule is Cc1ccc(O[C@@H](C)C(=O)Nc2nn3c(-c4cccc(C)c4)nnc3s2)cc1. The number of rotatable bonds is 5. The number of ether oxygens (including phenoxy) is 1. The van der Waals surface area contributed by atoms with Gasteiger partial charge in [-0.1, -0.05) is 52.8 Å². The first-order valence-corrected chi connectivity index (χ1v) is 9.65. The fourth-order valence-corrected chi connectivity index (χ4v) is 3.46. The normalized spacial score (nSPS) is 12.1. The summed E-state index contributed by atoms with van der Waals surface area (Å²) in [7, 11) is 0. The third kappa shape index (κ3) is 3.72. The van der Waals surface area contributed by atoms with Gasteiger partial charge in [0.15, 0.2) is 11.9 Å². The van der Waals surface area contributed by atoms with Crippen molar-refractivity contribution in [2.24, 2.45) is 0 Å². The molecule has 0 unspecified atom stereocenters. The summed E-state index contributed by atoms with van der Waals surface area (Å²) in [6.45, 7) is 5.72. The molecule has 0 aliphatic carbocycles. The van der Waals surface area contributed by atoms with E-state index in [9.17, 15) is 4.79 Å². The minimum Gasteiger partial charge on any atom is -0.481 e. The highest BCUT2D eigenvalue weighted by Gasteiger charge is 2.19. The van der Waals surface area contributed by atoms with Gasteiger partial charge in [-0.15, -0.1) is 15.3 Å². The van der Waals surface area contributed by atoms with E-state index in [1.807, 2.05) is 62.4 Å². The number of carbonyl (C=O) groups is 1. The predicted octanol–water partition coefficient (Wildman–Crippen LogP) is 3.88. The van der Waals surface area contributed by atoms with Crippen molar-refractivity contribution in [3.63, 3.8) is 0 Å². The Morgan fingerprint density at radius 2 is 1.89 bits per heavy atom. The van der Waals surface area contributed by atoms with Gasteiger partial charge >= 0.3 is 0 Å². The number of aromatic nitrogens is 4. The third-order valence-electron chi connectivity index (χ3n) is 4.20. The number of fused-ring (bicyclic) bond motifs is 1. The predicted molar refractivity (Wildman–Crippen MR) is 109 cm³/mol. The van der Waals surface area contributed by atoms with E-state index in [2.05, 4.69) is 20.6 Å². The van der Waals surface area contributed by atoms with Crippen molar-refractivity contribution in [2.75, 3.05) is 5.32 Å². The Bertz CT molecular complexity index is 1130. The van der Waals surface area contributed by atoms with Crippen LogP contribution in [0, 0.1) is 13.8 Å². The van der Waals surface area contributed by atoms with Crippen LogP contribution in [0.5, 0.6) is 5.75 Å². The number of aryl methyl sites for hydroxylation is 2. The molecule has 1 amide bonds. The molecule has 4 aromatic rings. The van der Waals surface area contributed by atoms with Gasteiger partial charge in [-0.2, -0.15) is 4.52 Å². The highest BCUT2D eigenvalue weighted by molar-refractivity contribution is 7.20. The van der Waals surface area contributed by atoms with Crippen molar-refractivity contribution < 1.29 is 9.53 Å². The Hall–Kier alpha value is -3.26. The topological polar surface area (TPSA) is 81.4 Å². The number of benzene rings is 2. The van der Waals surface area contributed by atoms with Gasteiger partial charge in [-0.25, -0.2) is 0 Å². The van der Waals surface area contributed by atoms with Crippen LogP contribution in [0.2, 0.25) is 0 Å². The van der Waals surface area contributed by atoms with E-state index in [1.54, 1.807) is 11.4 Å². The largest absolute Gasteiger partial charge is 0.481 e. The zero-order valence-electron chi connectivity index (χ0n) is 15.7. The van der Waals surface area contributed by atoms with Crippen LogP contribution in [0.25, 0.3) is 16.3 Å². The van der Waals surface area contributed by atoms with Gasteiger partial charge in [-0.3, -0.25) is 10.1 Å². The molecule has 0 saturated carbocycles. The van der Waals surface area contributed by atoms with Crippen molar-refractivity contribution in [1.82, 2.24) is 19.8 Å². The molecular formula is C20H19N5O2S. The molecule has 0 aliphatic rings. The standard InChI is InChI=1S/C20H19N5O2S/c1-12-7-9-16(10-8-12)27-14(3)18(26)21-19-24-25-17(22-23-20(25)28-19)15-6-4-5-13(2)11-15/h4-11,14H,1-3H3,(H,21,24,26)/t14-/m0/s1. The maximum atomic E-state index is 12.5. The molecule has 0 radical (unpaired) electrons. The molecule has 2 aromatic carbocycles. The van der Waals surface area contributed by atoms with Crippen molar-refractivity contribution in [1.29, 1.82) is 0 Å². The summed E-state index contributed by atoms with van der Waals surface area (Å²) in [6, 6.07) is 15.5. The van der Waals surface area contributed by atoms with Gasteiger partial charge in [-0.05, 0) is 39.0 Å². The van der Waals surface area contributed by atoms with Crippen LogP contribution in [0.3, 0.4) is 0 Å². The van der Waals surface area contributed by atoms with E-state index in [1.165, 1.54) is 11.3 Å². The van der Waals surface area contributed by atoms with Gasteiger partial charge in [0.05, 0.1) is 0 Å². The summed E-state index contributed by atoms with van der Waals surface area (Å²) in [5.74, 6) is 1.01. The van der Waals surface area contributed by atoms with Crippen LogP contribution in [-0.4, -0.2) is 31.8 Å². The van der Waals surface area contributed by atoms with Gasteiger partial charge in [0.1, 0.15) is 5.75 Å². The van der Waals surface area contributed by atoms with Gasteiger partial charge in [0, 0.05) is 5.56 Å². The third-order valence-corrected chi connectivity index (χ3v) is 5.01. The second-order valence-corrected chi connectivity index (χ2v) is 7.51. The summed E-state index contributed by atoms with van der Waals surface area (Å²) in [5.41, 5.74) is 3.18.